The van der Waals surface area contributed by atoms with Gasteiger partial charge in [0.1, 0.15) is 6.10 Å². The van der Waals surface area contributed by atoms with Crippen molar-refractivity contribution in [1.29, 1.82) is 0 Å². The smallest absolute Gasteiger partial charge is 0.249 e. The number of hydrogen-bond donors (Lipinski definition) is 1. The summed E-state index contributed by atoms with van der Waals surface area (Å²) in [6, 6.07) is 7.86. The standard InChI is InChI=1S/C16H20ClNO2/c17-13-6-3-5-12(11-13)16(8-1-2-9-16)18-15(19)14-7-4-10-20-14/h3,5-6,11,14H,1-2,4,7-10H2,(H,18,19). The predicted octanol–water partition coefficient (Wildman–Crippen LogP) is 3.40. The largest absolute Gasteiger partial charge is 0.368 e. The van der Waals surface area contributed by atoms with Crippen molar-refractivity contribution >= 4 is 17.5 Å². The van der Waals surface area contributed by atoms with Crippen LogP contribution >= 0.6 is 11.6 Å². The maximum atomic E-state index is 12.4. The van der Waals surface area contributed by atoms with Crippen molar-refractivity contribution in [3.8, 4) is 0 Å². The predicted molar refractivity (Wildman–Crippen MR) is 78.7 cm³/mol. The molecule has 1 N–H and O–H groups in total. The van der Waals surface area contributed by atoms with Gasteiger partial charge in [-0.25, -0.2) is 0 Å². The summed E-state index contributed by atoms with van der Waals surface area (Å²) in [6.07, 6.45) is 5.76. The lowest BCUT2D eigenvalue weighted by Crippen LogP contribution is -2.47. The molecular formula is C16H20ClNO2. The first-order valence-electron chi connectivity index (χ1n) is 7.39. The maximum absolute atomic E-state index is 12.4. The number of rotatable bonds is 3. The van der Waals surface area contributed by atoms with Gasteiger partial charge < -0.3 is 10.1 Å². The highest BCUT2D eigenvalue weighted by atomic mass is 35.5. The average Bonchev–Trinajstić information content (AvgIpc) is 3.10. The van der Waals surface area contributed by atoms with Crippen LogP contribution < -0.4 is 5.32 Å². The highest BCUT2D eigenvalue weighted by molar-refractivity contribution is 6.30. The lowest BCUT2D eigenvalue weighted by molar-refractivity contribution is -0.132. The third-order valence-electron chi connectivity index (χ3n) is 4.42. The molecular weight excluding hydrogens is 274 g/mol. The lowest BCUT2D eigenvalue weighted by atomic mass is 9.88. The van der Waals surface area contributed by atoms with Gasteiger partial charge in [-0.05, 0) is 43.4 Å². The Morgan fingerprint density at radius 1 is 1.30 bits per heavy atom. The first-order chi connectivity index (χ1) is 9.70. The molecule has 3 nitrogen and oxygen atoms in total. The third-order valence-corrected chi connectivity index (χ3v) is 4.65. The second kappa shape index (κ2) is 5.74. The number of ether oxygens (including phenoxy) is 1. The van der Waals surface area contributed by atoms with E-state index in [0.29, 0.717) is 6.61 Å². The van der Waals surface area contributed by atoms with E-state index in [4.69, 9.17) is 16.3 Å². The zero-order chi connectivity index (χ0) is 14.0. The fourth-order valence-corrected chi connectivity index (χ4v) is 3.54. The van der Waals surface area contributed by atoms with E-state index in [-0.39, 0.29) is 17.6 Å². The van der Waals surface area contributed by atoms with Gasteiger partial charge >= 0.3 is 0 Å². The van der Waals surface area contributed by atoms with Crippen LogP contribution in [0.25, 0.3) is 0 Å². The van der Waals surface area contributed by atoms with Crippen LogP contribution in [-0.4, -0.2) is 18.6 Å². The molecule has 1 amide bonds. The number of carbonyl (C=O) groups is 1. The molecule has 0 radical (unpaired) electrons. The molecule has 1 unspecified atom stereocenters. The summed E-state index contributed by atoms with van der Waals surface area (Å²) in [7, 11) is 0. The summed E-state index contributed by atoms with van der Waals surface area (Å²) in [6.45, 7) is 0.697. The fourth-order valence-electron chi connectivity index (χ4n) is 3.35. The van der Waals surface area contributed by atoms with Gasteiger partial charge in [0, 0.05) is 11.6 Å². The van der Waals surface area contributed by atoms with Gasteiger partial charge in [-0.15, -0.1) is 0 Å². The Labute approximate surface area is 124 Å². The van der Waals surface area contributed by atoms with Crippen LogP contribution in [0.1, 0.15) is 44.1 Å². The number of amides is 1. The summed E-state index contributed by atoms with van der Waals surface area (Å²) in [4.78, 5) is 12.4. The lowest BCUT2D eigenvalue weighted by Gasteiger charge is -2.32. The van der Waals surface area contributed by atoms with Crippen LogP contribution in [0, 0.1) is 0 Å². The average molecular weight is 294 g/mol. The topological polar surface area (TPSA) is 38.3 Å². The number of halogens is 1. The van der Waals surface area contributed by atoms with Crippen LogP contribution in [0.5, 0.6) is 0 Å². The van der Waals surface area contributed by atoms with Crippen molar-refractivity contribution in [3.63, 3.8) is 0 Å². The molecule has 0 spiro atoms. The highest BCUT2D eigenvalue weighted by Crippen LogP contribution is 2.39. The molecule has 0 bridgehead atoms. The summed E-state index contributed by atoms with van der Waals surface area (Å²) >= 11 is 6.11. The Kier molecular flexibility index (Phi) is 3.99. The van der Waals surface area contributed by atoms with Crippen molar-refractivity contribution in [3.05, 3.63) is 34.9 Å². The monoisotopic (exact) mass is 293 g/mol. The normalized spacial score (nSPS) is 24.8. The Morgan fingerprint density at radius 2 is 2.10 bits per heavy atom. The van der Waals surface area contributed by atoms with Crippen molar-refractivity contribution in [2.24, 2.45) is 0 Å². The van der Waals surface area contributed by atoms with E-state index in [9.17, 15) is 4.79 Å². The quantitative estimate of drug-likeness (QED) is 0.927. The molecule has 1 saturated heterocycles. The van der Waals surface area contributed by atoms with E-state index in [1.54, 1.807) is 0 Å². The van der Waals surface area contributed by atoms with E-state index in [1.165, 1.54) is 0 Å². The molecule has 1 atom stereocenters. The van der Waals surface area contributed by atoms with Crippen molar-refractivity contribution in [1.82, 2.24) is 5.32 Å². The highest BCUT2D eigenvalue weighted by Gasteiger charge is 2.39. The number of nitrogens with one attached hydrogen (secondary N) is 1. The maximum Gasteiger partial charge on any atom is 0.249 e. The Bertz CT molecular complexity index is 491. The fraction of sp³-hybridized carbons (Fsp3) is 0.562. The molecule has 2 fully saturated rings. The Hall–Kier alpha value is -1.06. The molecule has 3 rings (SSSR count). The minimum absolute atomic E-state index is 0.0318. The second-order valence-electron chi connectivity index (χ2n) is 5.79. The van der Waals surface area contributed by atoms with Crippen molar-refractivity contribution < 1.29 is 9.53 Å². The van der Waals surface area contributed by atoms with Crippen LogP contribution in [0.15, 0.2) is 24.3 Å². The molecule has 1 aromatic rings. The summed E-state index contributed by atoms with van der Waals surface area (Å²) < 4.78 is 5.49. The van der Waals surface area contributed by atoms with Gasteiger partial charge in [0.15, 0.2) is 0 Å². The minimum Gasteiger partial charge on any atom is -0.368 e. The zero-order valence-corrected chi connectivity index (χ0v) is 12.3. The summed E-state index contributed by atoms with van der Waals surface area (Å²) in [5, 5.41) is 3.98. The van der Waals surface area contributed by atoms with E-state index in [2.05, 4.69) is 11.4 Å². The SMILES string of the molecule is O=C(NC1(c2cccc(Cl)c2)CCCC1)C1CCCO1. The van der Waals surface area contributed by atoms with Crippen LogP contribution in [0.3, 0.4) is 0 Å². The molecule has 1 aromatic carbocycles. The molecule has 1 aliphatic carbocycles. The first-order valence-corrected chi connectivity index (χ1v) is 7.77. The zero-order valence-electron chi connectivity index (χ0n) is 11.5. The van der Waals surface area contributed by atoms with E-state index >= 15 is 0 Å². The van der Waals surface area contributed by atoms with Gasteiger partial charge in [-0.1, -0.05) is 36.6 Å². The van der Waals surface area contributed by atoms with Crippen molar-refractivity contribution in [2.45, 2.75) is 50.2 Å². The molecule has 20 heavy (non-hydrogen) atoms. The van der Waals surface area contributed by atoms with Gasteiger partial charge in [0.05, 0.1) is 5.54 Å². The second-order valence-corrected chi connectivity index (χ2v) is 6.23. The minimum atomic E-state index is -0.272. The summed E-state index contributed by atoms with van der Waals surface area (Å²) in [5.74, 6) is 0.0318. The third kappa shape index (κ3) is 2.70. The number of benzene rings is 1. The number of carbonyl (C=O) groups excluding carboxylic acids is 1. The van der Waals surface area contributed by atoms with Crippen LogP contribution in [-0.2, 0) is 15.1 Å². The van der Waals surface area contributed by atoms with E-state index in [0.717, 1.165) is 49.1 Å². The van der Waals surface area contributed by atoms with Gasteiger partial charge in [0.2, 0.25) is 5.91 Å². The number of hydrogen-bond acceptors (Lipinski definition) is 2. The Balaban J connectivity index is 1.82. The molecule has 1 heterocycles. The van der Waals surface area contributed by atoms with E-state index < -0.39 is 0 Å². The van der Waals surface area contributed by atoms with Gasteiger partial charge in [-0.2, -0.15) is 0 Å². The molecule has 108 valence electrons. The summed E-state index contributed by atoms with van der Waals surface area (Å²) in [5.41, 5.74) is 0.863. The van der Waals surface area contributed by atoms with Gasteiger partial charge in [-0.3, -0.25) is 4.79 Å². The molecule has 1 saturated carbocycles. The molecule has 0 aromatic heterocycles. The van der Waals surface area contributed by atoms with Crippen LogP contribution in [0.4, 0.5) is 0 Å². The Morgan fingerprint density at radius 3 is 2.75 bits per heavy atom. The van der Waals surface area contributed by atoms with E-state index in [1.807, 2.05) is 18.2 Å². The molecule has 1 aliphatic heterocycles. The van der Waals surface area contributed by atoms with Crippen LogP contribution in [0.2, 0.25) is 5.02 Å². The van der Waals surface area contributed by atoms with Gasteiger partial charge in [0.25, 0.3) is 0 Å². The van der Waals surface area contributed by atoms with Crippen molar-refractivity contribution in [2.75, 3.05) is 6.61 Å². The molecule has 2 aliphatic rings. The first kappa shape index (κ1) is 13.9. The molecule has 4 heteroatoms.